The number of imidazole rings is 1. The summed E-state index contributed by atoms with van der Waals surface area (Å²) in [7, 11) is 3.61. The van der Waals surface area contributed by atoms with Gasteiger partial charge in [-0.05, 0) is 12.8 Å². The predicted octanol–water partition coefficient (Wildman–Crippen LogP) is 0.802. The molecule has 1 amide bonds. The molecule has 1 unspecified atom stereocenters. The van der Waals surface area contributed by atoms with Crippen molar-refractivity contribution in [2.45, 2.75) is 31.7 Å². The highest BCUT2D eigenvalue weighted by Gasteiger charge is 2.28. The average Bonchev–Trinajstić information content (AvgIpc) is 3.24. The first kappa shape index (κ1) is 16.6. The second kappa shape index (κ2) is 7.57. The van der Waals surface area contributed by atoms with E-state index in [4.69, 9.17) is 4.74 Å². The minimum Gasteiger partial charge on any atom is -0.384 e. The summed E-state index contributed by atoms with van der Waals surface area (Å²) in [5, 5.41) is 8.72. The molecule has 130 valence electrons. The summed E-state index contributed by atoms with van der Waals surface area (Å²) >= 11 is 0. The van der Waals surface area contributed by atoms with Gasteiger partial charge < -0.3 is 18.8 Å². The van der Waals surface area contributed by atoms with Gasteiger partial charge in [-0.25, -0.2) is 4.98 Å². The number of piperidine rings is 1. The van der Waals surface area contributed by atoms with Gasteiger partial charge in [0.05, 0.1) is 25.9 Å². The number of hydrogen-bond acceptors (Lipinski definition) is 5. The van der Waals surface area contributed by atoms with Crippen LogP contribution in [-0.4, -0.2) is 61.9 Å². The van der Waals surface area contributed by atoms with Crippen LogP contribution < -0.4 is 0 Å². The molecule has 3 rings (SSSR count). The molecule has 0 spiro atoms. The van der Waals surface area contributed by atoms with E-state index in [-0.39, 0.29) is 11.8 Å². The number of rotatable bonds is 6. The standard InChI is InChI=1S/C16H24N6O2/c1-20-14(11-21-8-6-17-12-21)18-19-16(20)13-4-3-7-22(10-13)15(23)5-9-24-2/h6,8,12-13H,3-5,7,9-11H2,1-2H3. The van der Waals surface area contributed by atoms with Gasteiger partial charge in [-0.1, -0.05) is 0 Å². The lowest BCUT2D eigenvalue weighted by Gasteiger charge is -2.32. The lowest BCUT2D eigenvalue weighted by Crippen LogP contribution is -2.40. The van der Waals surface area contributed by atoms with Crippen LogP contribution in [0.15, 0.2) is 18.7 Å². The van der Waals surface area contributed by atoms with Crippen molar-refractivity contribution < 1.29 is 9.53 Å². The molecule has 24 heavy (non-hydrogen) atoms. The topological polar surface area (TPSA) is 78.1 Å². The van der Waals surface area contributed by atoms with Crippen LogP contribution in [0.25, 0.3) is 0 Å². The van der Waals surface area contributed by atoms with Crippen molar-refractivity contribution in [1.82, 2.24) is 29.2 Å². The summed E-state index contributed by atoms with van der Waals surface area (Å²) in [6, 6.07) is 0. The maximum atomic E-state index is 12.2. The third-order valence-corrected chi connectivity index (χ3v) is 4.54. The maximum absolute atomic E-state index is 12.2. The molecule has 8 nitrogen and oxygen atoms in total. The summed E-state index contributed by atoms with van der Waals surface area (Å²) in [6.45, 7) is 2.64. The fourth-order valence-electron chi connectivity index (χ4n) is 3.17. The lowest BCUT2D eigenvalue weighted by molar-refractivity contribution is -0.133. The number of carbonyl (C=O) groups is 1. The Morgan fingerprint density at radius 3 is 3.04 bits per heavy atom. The van der Waals surface area contributed by atoms with Crippen LogP contribution >= 0.6 is 0 Å². The number of methoxy groups -OCH3 is 1. The summed E-state index contributed by atoms with van der Waals surface area (Å²) < 4.78 is 9.02. The van der Waals surface area contributed by atoms with Crippen molar-refractivity contribution in [2.75, 3.05) is 26.8 Å². The van der Waals surface area contributed by atoms with Crippen LogP contribution in [0.3, 0.4) is 0 Å². The predicted molar refractivity (Wildman–Crippen MR) is 87.4 cm³/mol. The summed E-state index contributed by atoms with van der Waals surface area (Å²) in [4.78, 5) is 18.2. The van der Waals surface area contributed by atoms with Crippen LogP contribution in [0.4, 0.5) is 0 Å². The Bertz CT molecular complexity index is 666. The molecule has 0 N–H and O–H groups in total. The zero-order valence-corrected chi connectivity index (χ0v) is 14.3. The van der Waals surface area contributed by atoms with E-state index in [1.165, 1.54) is 0 Å². The molecular weight excluding hydrogens is 308 g/mol. The van der Waals surface area contributed by atoms with Gasteiger partial charge >= 0.3 is 0 Å². The largest absolute Gasteiger partial charge is 0.384 e. The molecule has 8 heteroatoms. The van der Waals surface area contributed by atoms with Crippen LogP contribution in [-0.2, 0) is 23.1 Å². The van der Waals surface area contributed by atoms with Crippen LogP contribution in [0.1, 0.15) is 36.8 Å². The van der Waals surface area contributed by atoms with E-state index in [2.05, 4.69) is 15.2 Å². The minimum atomic E-state index is 0.155. The number of nitrogens with zero attached hydrogens (tertiary/aromatic N) is 6. The van der Waals surface area contributed by atoms with Crippen molar-refractivity contribution in [1.29, 1.82) is 0 Å². The quantitative estimate of drug-likeness (QED) is 0.782. The molecule has 0 aliphatic carbocycles. The first-order valence-corrected chi connectivity index (χ1v) is 8.29. The van der Waals surface area contributed by atoms with Crippen LogP contribution in [0.2, 0.25) is 0 Å². The van der Waals surface area contributed by atoms with Crippen molar-refractivity contribution in [3.8, 4) is 0 Å². The van der Waals surface area contributed by atoms with Gasteiger partial charge in [-0.3, -0.25) is 4.79 Å². The third kappa shape index (κ3) is 3.64. The van der Waals surface area contributed by atoms with Gasteiger partial charge in [0.2, 0.25) is 5.91 Å². The Morgan fingerprint density at radius 1 is 1.42 bits per heavy atom. The Balaban J connectivity index is 1.67. The molecule has 1 atom stereocenters. The highest BCUT2D eigenvalue weighted by atomic mass is 16.5. The molecule has 1 aliphatic rings. The van der Waals surface area contributed by atoms with Crippen molar-refractivity contribution >= 4 is 5.91 Å². The molecule has 3 heterocycles. The SMILES string of the molecule is COCCC(=O)N1CCCC(c2nnc(Cn3ccnc3)n2C)C1. The van der Waals surface area contributed by atoms with Gasteiger partial charge in [0.15, 0.2) is 5.82 Å². The molecule has 2 aromatic heterocycles. The normalized spacial score (nSPS) is 18.1. The minimum absolute atomic E-state index is 0.155. The van der Waals surface area contributed by atoms with Gasteiger partial charge in [0, 0.05) is 45.6 Å². The molecule has 2 aromatic rings. The summed E-state index contributed by atoms with van der Waals surface area (Å²) in [6.07, 6.45) is 7.89. The number of hydrogen-bond donors (Lipinski definition) is 0. The second-order valence-corrected chi connectivity index (χ2v) is 6.19. The first-order chi connectivity index (χ1) is 11.7. The van der Waals surface area contributed by atoms with Gasteiger partial charge in [0.25, 0.3) is 0 Å². The molecule has 1 aliphatic heterocycles. The lowest BCUT2D eigenvalue weighted by atomic mass is 9.97. The Kier molecular flexibility index (Phi) is 5.24. The molecule has 1 fully saturated rings. The smallest absolute Gasteiger partial charge is 0.224 e. The highest BCUT2D eigenvalue weighted by molar-refractivity contribution is 5.76. The zero-order chi connectivity index (χ0) is 16.9. The fourth-order valence-corrected chi connectivity index (χ4v) is 3.17. The number of likely N-dealkylation sites (tertiary alicyclic amines) is 1. The molecule has 0 radical (unpaired) electrons. The number of ether oxygens (including phenoxy) is 1. The molecule has 0 saturated carbocycles. The van der Waals surface area contributed by atoms with Gasteiger partial charge in [-0.2, -0.15) is 0 Å². The zero-order valence-electron chi connectivity index (χ0n) is 14.3. The van der Waals surface area contributed by atoms with E-state index in [1.807, 2.05) is 27.3 Å². The third-order valence-electron chi connectivity index (χ3n) is 4.54. The van der Waals surface area contributed by atoms with Crippen molar-refractivity contribution in [2.24, 2.45) is 7.05 Å². The molecule has 0 aromatic carbocycles. The van der Waals surface area contributed by atoms with E-state index < -0.39 is 0 Å². The first-order valence-electron chi connectivity index (χ1n) is 8.29. The van der Waals surface area contributed by atoms with E-state index in [9.17, 15) is 4.79 Å². The number of carbonyl (C=O) groups excluding carboxylic acids is 1. The van der Waals surface area contributed by atoms with Gasteiger partial charge in [-0.15, -0.1) is 10.2 Å². The van der Waals surface area contributed by atoms with Crippen molar-refractivity contribution in [3.63, 3.8) is 0 Å². The molecule has 1 saturated heterocycles. The Morgan fingerprint density at radius 2 is 2.29 bits per heavy atom. The molecule has 0 bridgehead atoms. The average molecular weight is 332 g/mol. The maximum Gasteiger partial charge on any atom is 0.224 e. The van der Waals surface area contributed by atoms with Crippen LogP contribution in [0, 0.1) is 0 Å². The van der Waals surface area contributed by atoms with E-state index in [0.29, 0.717) is 26.1 Å². The summed E-state index contributed by atoms with van der Waals surface area (Å²) in [5.74, 6) is 2.24. The van der Waals surface area contributed by atoms with Crippen LogP contribution in [0.5, 0.6) is 0 Å². The summed E-state index contributed by atoms with van der Waals surface area (Å²) in [5.41, 5.74) is 0. The number of aromatic nitrogens is 5. The van der Waals surface area contributed by atoms with E-state index in [1.54, 1.807) is 19.6 Å². The number of amides is 1. The Hall–Kier alpha value is -2.22. The highest BCUT2D eigenvalue weighted by Crippen LogP contribution is 2.26. The monoisotopic (exact) mass is 332 g/mol. The van der Waals surface area contributed by atoms with E-state index >= 15 is 0 Å². The second-order valence-electron chi connectivity index (χ2n) is 6.19. The molecular formula is C16H24N6O2. The fraction of sp³-hybridized carbons (Fsp3) is 0.625. The van der Waals surface area contributed by atoms with Crippen molar-refractivity contribution in [3.05, 3.63) is 30.4 Å². The van der Waals surface area contributed by atoms with E-state index in [0.717, 1.165) is 31.0 Å². The Labute approximate surface area is 141 Å². The van der Waals surface area contributed by atoms with Gasteiger partial charge in [0.1, 0.15) is 5.82 Å².